The van der Waals surface area contributed by atoms with Gasteiger partial charge in [0.15, 0.2) is 0 Å². The van der Waals surface area contributed by atoms with Crippen LogP contribution in [-0.4, -0.2) is 23.2 Å². The molecule has 0 heterocycles. The number of nitrogens with one attached hydrogen (secondary N) is 1. The fourth-order valence-electron chi connectivity index (χ4n) is 1.61. The average Bonchev–Trinajstić information content (AvgIpc) is 2.37. The second-order valence-electron chi connectivity index (χ2n) is 3.42. The van der Waals surface area contributed by atoms with Gasteiger partial charge in [-0.05, 0) is 25.7 Å². The third kappa shape index (κ3) is 2.48. The van der Waals surface area contributed by atoms with E-state index in [9.17, 15) is 9.90 Å². The molecule has 0 bridgehead atoms. The van der Waals surface area contributed by atoms with Crippen LogP contribution in [0.4, 0.5) is 0 Å². The number of hydrogen-bond acceptors (Lipinski definition) is 2. The number of hydrogen-bond donors (Lipinski definition) is 2. The van der Waals surface area contributed by atoms with E-state index in [0.717, 1.165) is 25.7 Å². The van der Waals surface area contributed by atoms with Gasteiger partial charge in [0, 0.05) is 6.42 Å². The minimum Gasteiger partial charge on any atom is -0.391 e. The molecule has 0 spiro atoms. The Morgan fingerprint density at radius 1 is 1.58 bits per heavy atom. The minimum atomic E-state index is -0.314. The first-order chi connectivity index (χ1) is 5.74. The maximum Gasteiger partial charge on any atom is 0.220 e. The van der Waals surface area contributed by atoms with E-state index in [1.54, 1.807) is 0 Å². The molecule has 2 N–H and O–H groups in total. The predicted molar refractivity (Wildman–Crippen MR) is 46.7 cm³/mol. The first-order valence-electron chi connectivity index (χ1n) is 4.71. The maximum absolute atomic E-state index is 11.1. The van der Waals surface area contributed by atoms with Gasteiger partial charge < -0.3 is 10.4 Å². The van der Waals surface area contributed by atoms with Gasteiger partial charge in [-0.15, -0.1) is 0 Å². The molecule has 3 nitrogen and oxygen atoms in total. The highest BCUT2D eigenvalue weighted by Crippen LogP contribution is 2.18. The summed E-state index contributed by atoms with van der Waals surface area (Å²) in [5.41, 5.74) is 0. The fourth-order valence-corrected chi connectivity index (χ4v) is 1.61. The second-order valence-corrected chi connectivity index (χ2v) is 3.42. The Labute approximate surface area is 73.2 Å². The quantitative estimate of drug-likeness (QED) is 0.660. The second kappa shape index (κ2) is 4.45. The van der Waals surface area contributed by atoms with E-state index in [2.05, 4.69) is 5.32 Å². The van der Waals surface area contributed by atoms with Gasteiger partial charge in [-0.3, -0.25) is 4.79 Å². The van der Waals surface area contributed by atoms with Crippen molar-refractivity contribution in [1.29, 1.82) is 0 Å². The van der Waals surface area contributed by atoms with Crippen molar-refractivity contribution in [3.8, 4) is 0 Å². The number of carbonyl (C=O) groups excluding carboxylic acids is 1. The summed E-state index contributed by atoms with van der Waals surface area (Å²) in [5, 5.41) is 12.2. The monoisotopic (exact) mass is 171 g/mol. The lowest BCUT2D eigenvalue weighted by atomic mass is 10.2. The molecule has 0 radical (unpaired) electrons. The smallest absolute Gasteiger partial charge is 0.220 e. The van der Waals surface area contributed by atoms with E-state index in [-0.39, 0.29) is 18.1 Å². The number of rotatable bonds is 3. The molecule has 12 heavy (non-hydrogen) atoms. The molecule has 1 saturated carbocycles. The molecule has 1 fully saturated rings. The first-order valence-corrected chi connectivity index (χ1v) is 4.71. The summed E-state index contributed by atoms with van der Waals surface area (Å²) in [6, 6.07) is 0.0176. The molecule has 0 aromatic heterocycles. The highest BCUT2D eigenvalue weighted by atomic mass is 16.3. The summed E-state index contributed by atoms with van der Waals surface area (Å²) in [6.45, 7) is 1.98. The van der Waals surface area contributed by atoms with Crippen molar-refractivity contribution < 1.29 is 9.90 Å². The summed E-state index contributed by atoms with van der Waals surface area (Å²) in [5.74, 6) is 0.0726. The molecule has 3 heteroatoms. The lowest BCUT2D eigenvalue weighted by Gasteiger charge is -2.15. The van der Waals surface area contributed by atoms with E-state index < -0.39 is 0 Å². The van der Waals surface area contributed by atoms with Gasteiger partial charge >= 0.3 is 0 Å². The molecule has 1 rings (SSSR count). The van der Waals surface area contributed by atoms with Crippen molar-refractivity contribution in [2.24, 2.45) is 0 Å². The van der Waals surface area contributed by atoms with Crippen LogP contribution in [-0.2, 0) is 4.79 Å². The molecule has 2 atom stereocenters. The summed E-state index contributed by atoms with van der Waals surface area (Å²) < 4.78 is 0. The van der Waals surface area contributed by atoms with Crippen molar-refractivity contribution in [3.63, 3.8) is 0 Å². The van der Waals surface area contributed by atoms with Gasteiger partial charge in [-0.1, -0.05) is 6.92 Å². The van der Waals surface area contributed by atoms with Gasteiger partial charge in [0.05, 0.1) is 12.1 Å². The Kier molecular flexibility index (Phi) is 3.53. The van der Waals surface area contributed by atoms with E-state index in [4.69, 9.17) is 0 Å². The summed E-state index contributed by atoms with van der Waals surface area (Å²) in [4.78, 5) is 11.1. The number of amides is 1. The Morgan fingerprint density at radius 2 is 2.33 bits per heavy atom. The summed E-state index contributed by atoms with van der Waals surface area (Å²) in [6.07, 6.45) is 3.91. The lowest BCUT2D eigenvalue weighted by Crippen LogP contribution is -2.39. The van der Waals surface area contributed by atoms with Crippen LogP contribution in [0.15, 0.2) is 0 Å². The SMILES string of the molecule is CCCC(=O)NC1CCCC1O. The fraction of sp³-hybridized carbons (Fsp3) is 0.889. The molecule has 1 aliphatic rings. The van der Waals surface area contributed by atoms with E-state index in [1.807, 2.05) is 6.92 Å². The van der Waals surface area contributed by atoms with Gasteiger partial charge in [-0.2, -0.15) is 0 Å². The third-order valence-electron chi connectivity index (χ3n) is 2.30. The maximum atomic E-state index is 11.1. The highest BCUT2D eigenvalue weighted by molar-refractivity contribution is 5.76. The van der Waals surface area contributed by atoms with Crippen LogP contribution in [0.3, 0.4) is 0 Å². The number of carbonyl (C=O) groups is 1. The van der Waals surface area contributed by atoms with Crippen molar-refractivity contribution in [2.45, 2.75) is 51.2 Å². The van der Waals surface area contributed by atoms with Gasteiger partial charge in [-0.25, -0.2) is 0 Å². The molecule has 0 aromatic rings. The number of aliphatic hydroxyl groups is 1. The van der Waals surface area contributed by atoms with Gasteiger partial charge in [0.2, 0.25) is 5.91 Å². The standard InChI is InChI=1S/C9H17NO2/c1-2-4-9(12)10-7-5-3-6-8(7)11/h7-8,11H,2-6H2,1H3,(H,10,12). The first kappa shape index (κ1) is 9.52. The van der Waals surface area contributed by atoms with Crippen molar-refractivity contribution in [1.82, 2.24) is 5.32 Å². The Balaban J connectivity index is 2.25. The zero-order valence-electron chi connectivity index (χ0n) is 7.55. The summed E-state index contributed by atoms with van der Waals surface area (Å²) >= 11 is 0. The van der Waals surface area contributed by atoms with E-state index in [0.29, 0.717) is 6.42 Å². The predicted octanol–water partition coefficient (Wildman–Crippen LogP) is 0.816. The van der Waals surface area contributed by atoms with Crippen LogP contribution in [0, 0.1) is 0 Å². The van der Waals surface area contributed by atoms with Crippen molar-refractivity contribution >= 4 is 5.91 Å². The third-order valence-corrected chi connectivity index (χ3v) is 2.30. The van der Waals surface area contributed by atoms with Crippen LogP contribution < -0.4 is 5.32 Å². The van der Waals surface area contributed by atoms with E-state index in [1.165, 1.54) is 0 Å². The molecule has 1 amide bonds. The topological polar surface area (TPSA) is 49.3 Å². The molecular formula is C9H17NO2. The Morgan fingerprint density at radius 3 is 2.83 bits per heavy atom. The molecule has 2 unspecified atom stereocenters. The van der Waals surface area contributed by atoms with Crippen LogP contribution >= 0.6 is 0 Å². The Hall–Kier alpha value is -0.570. The molecule has 1 aliphatic carbocycles. The van der Waals surface area contributed by atoms with Gasteiger partial charge in [0.1, 0.15) is 0 Å². The molecule has 0 aliphatic heterocycles. The van der Waals surface area contributed by atoms with Gasteiger partial charge in [0.25, 0.3) is 0 Å². The van der Waals surface area contributed by atoms with E-state index >= 15 is 0 Å². The molecular weight excluding hydrogens is 154 g/mol. The van der Waals surface area contributed by atoms with Crippen molar-refractivity contribution in [2.75, 3.05) is 0 Å². The Bertz CT molecular complexity index is 159. The zero-order valence-corrected chi connectivity index (χ0v) is 7.55. The van der Waals surface area contributed by atoms with Crippen LogP contribution in [0.1, 0.15) is 39.0 Å². The molecule has 0 aromatic carbocycles. The number of aliphatic hydroxyl groups excluding tert-OH is 1. The van der Waals surface area contributed by atoms with Crippen LogP contribution in [0.2, 0.25) is 0 Å². The van der Waals surface area contributed by atoms with Crippen molar-refractivity contribution in [3.05, 3.63) is 0 Å². The average molecular weight is 171 g/mol. The molecule has 0 saturated heterocycles. The lowest BCUT2D eigenvalue weighted by molar-refractivity contribution is -0.122. The van der Waals surface area contributed by atoms with Crippen LogP contribution in [0.25, 0.3) is 0 Å². The minimum absolute atomic E-state index is 0.0176. The summed E-state index contributed by atoms with van der Waals surface area (Å²) in [7, 11) is 0. The highest BCUT2D eigenvalue weighted by Gasteiger charge is 2.25. The van der Waals surface area contributed by atoms with Crippen LogP contribution in [0.5, 0.6) is 0 Å². The largest absolute Gasteiger partial charge is 0.391 e. The normalized spacial score (nSPS) is 28.8. The molecule has 70 valence electrons. The zero-order chi connectivity index (χ0) is 8.97.